The number of carbonyl (C=O) groups excluding carboxylic acids is 3. The van der Waals surface area contributed by atoms with Gasteiger partial charge in [0.25, 0.3) is 5.91 Å². The molecule has 2 heterocycles. The second-order valence-electron chi connectivity index (χ2n) is 7.92. The van der Waals surface area contributed by atoms with Gasteiger partial charge >= 0.3 is 0 Å². The zero-order valence-corrected chi connectivity index (χ0v) is 18.4. The number of hydrogen-bond acceptors (Lipinski definition) is 6. The second kappa shape index (κ2) is 9.55. The summed E-state index contributed by atoms with van der Waals surface area (Å²) in [5, 5.41) is 2.85. The van der Waals surface area contributed by atoms with E-state index in [1.165, 1.54) is 4.90 Å². The zero-order valence-electron chi connectivity index (χ0n) is 18.4. The second-order valence-corrected chi connectivity index (χ2v) is 7.92. The van der Waals surface area contributed by atoms with E-state index in [0.29, 0.717) is 36.7 Å². The van der Waals surface area contributed by atoms with Crippen molar-refractivity contribution < 1.29 is 14.4 Å². The van der Waals surface area contributed by atoms with Crippen LogP contribution < -0.4 is 10.2 Å². The van der Waals surface area contributed by atoms with Crippen LogP contribution in [0, 0.1) is 0 Å². The summed E-state index contributed by atoms with van der Waals surface area (Å²) in [6.07, 6.45) is 2.88. The predicted molar refractivity (Wildman–Crippen MR) is 117 cm³/mol. The van der Waals surface area contributed by atoms with Crippen molar-refractivity contribution in [1.29, 1.82) is 0 Å². The average molecular weight is 425 g/mol. The first-order valence-corrected chi connectivity index (χ1v) is 10.2. The van der Waals surface area contributed by atoms with Crippen LogP contribution in [0.4, 0.5) is 5.95 Å². The molecule has 2 aromatic rings. The maximum absolute atomic E-state index is 12.6. The molecule has 0 radical (unpaired) electrons. The van der Waals surface area contributed by atoms with Crippen molar-refractivity contribution in [3.63, 3.8) is 0 Å². The summed E-state index contributed by atoms with van der Waals surface area (Å²) in [4.78, 5) is 50.1. The van der Waals surface area contributed by atoms with Crippen LogP contribution in [0.3, 0.4) is 0 Å². The number of hydrogen-bond donors (Lipinski definition) is 1. The van der Waals surface area contributed by atoms with Gasteiger partial charge in [-0.1, -0.05) is 24.3 Å². The first-order chi connectivity index (χ1) is 14.8. The molecule has 0 unspecified atom stereocenters. The zero-order chi connectivity index (χ0) is 22.5. The number of rotatable bonds is 7. The lowest BCUT2D eigenvalue weighted by Gasteiger charge is -2.17. The fourth-order valence-electron chi connectivity index (χ4n) is 3.29. The van der Waals surface area contributed by atoms with Gasteiger partial charge in [-0.15, -0.1) is 0 Å². The van der Waals surface area contributed by atoms with E-state index in [1.54, 1.807) is 30.1 Å². The number of anilines is 1. The lowest BCUT2D eigenvalue weighted by atomic mass is 10.0. The molecule has 1 fully saturated rings. The molecule has 9 nitrogen and oxygen atoms in total. The van der Waals surface area contributed by atoms with Crippen molar-refractivity contribution in [2.75, 3.05) is 46.2 Å². The molecule has 0 saturated carbocycles. The van der Waals surface area contributed by atoms with Gasteiger partial charge in [0.05, 0.1) is 17.8 Å². The number of nitrogens with zero attached hydrogens (tertiary/aromatic N) is 5. The summed E-state index contributed by atoms with van der Waals surface area (Å²) in [5.74, 6) is 0.195. The van der Waals surface area contributed by atoms with Gasteiger partial charge in [-0.25, -0.2) is 9.97 Å². The Bertz CT molecular complexity index is 972. The van der Waals surface area contributed by atoms with E-state index < -0.39 is 0 Å². The quantitative estimate of drug-likeness (QED) is 0.716. The Morgan fingerprint density at radius 3 is 2.42 bits per heavy atom. The third-order valence-corrected chi connectivity index (χ3v) is 5.04. The summed E-state index contributed by atoms with van der Waals surface area (Å²) in [5.41, 5.74) is 2.67. The van der Waals surface area contributed by atoms with E-state index in [1.807, 2.05) is 38.4 Å². The summed E-state index contributed by atoms with van der Waals surface area (Å²) in [6, 6.07) is 7.52. The molecule has 0 bridgehead atoms. The summed E-state index contributed by atoms with van der Waals surface area (Å²) < 4.78 is 0. The van der Waals surface area contributed by atoms with Crippen molar-refractivity contribution in [1.82, 2.24) is 25.1 Å². The predicted octanol–water partition coefficient (Wildman–Crippen LogP) is 1.15. The molecule has 1 aliphatic heterocycles. The molecule has 164 valence electrons. The van der Waals surface area contributed by atoms with Crippen molar-refractivity contribution in [3.8, 4) is 11.3 Å². The molecule has 1 aromatic heterocycles. The first-order valence-electron chi connectivity index (χ1n) is 10.2. The van der Waals surface area contributed by atoms with E-state index in [9.17, 15) is 14.4 Å². The molecule has 3 amide bonds. The van der Waals surface area contributed by atoms with E-state index in [0.717, 1.165) is 17.5 Å². The first kappa shape index (κ1) is 22.2. The molecular formula is C22H28N6O3. The maximum Gasteiger partial charge on any atom is 0.257 e. The van der Waals surface area contributed by atoms with Crippen molar-refractivity contribution >= 4 is 23.7 Å². The van der Waals surface area contributed by atoms with Gasteiger partial charge in [-0.3, -0.25) is 14.4 Å². The van der Waals surface area contributed by atoms with Crippen LogP contribution in [0.15, 0.2) is 30.5 Å². The fourth-order valence-corrected chi connectivity index (χ4v) is 3.29. The minimum Gasteiger partial charge on any atom is -0.350 e. The standard InChI is InChI=1S/C22H28N6O3/c1-26(2)21(31)17-13-24-22(27(3)4)25-20(17)16-9-7-15(8-10-16)12-23-18(29)14-28-11-5-6-19(28)30/h7-10,13H,5-6,11-12,14H2,1-4H3,(H,23,29). The monoisotopic (exact) mass is 424 g/mol. The van der Waals surface area contributed by atoms with Gasteiger partial charge in [0.1, 0.15) is 0 Å². The number of amides is 3. The van der Waals surface area contributed by atoms with Crippen LogP contribution in [0.2, 0.25) is 0 Å². The molecule has 0 atom stereocenters. The Morgan fingerprint density at radius 1 is 1.13 bits per heavy atom. The Morgan fingerprint density at radius 2 is 1.84 bits per heavy atom. The highest BCUT2D eigenvalue weighted by atomic mass is 16.2. The highest BCUT2D eigenvalue weighted by Gasteiger charge is 2.22. The number of nitrogens with one attached hydrogen (secondary N) is 1. The van der Waals surface area contributed by atoms with E-state index in [2.05, 4.69) is 15.3 Å². The highest BCUT2D eigenvalue weighted by molar-refractivity contribution is 5.99. The minimum atomic E-state index is -0.176. The third kappa shape index (κ3) is 5.36. The van der Waals surface area contributed by atoms with E-state index in [-0.39, 0.29) is 24.3 Å². The van der Waals surface area contributed by atoms with Crippen LogP contribution in [0.5, 0.6) is 0 Å². The Kier molecular flexibility index (Phi) is 6.84. The fraction of sp³-hybridized carbons (Fsp3) is 0.409. The number of likely N-dealkylation sites (tertiary alicyclic amines) is 1. The Hall–Kier alpha value is -3.49. The molecule has 1 aliphatic rings. The highest BCUT2D eigenvalue weighted by Crippen LogP contribution is 2.24. The minimum absolute atomic E-state index is 0.0320. The van der Waals surface area contributed by atoms with Crippen LogP contribution in [-0.4, -0.2) is 78.8 Å². The lowest BCUT2D eigenvalue weighted by molar-refractivity contribution is -0.133. The SMILES string of the molecule is CN(C)C(=O)c1cnc(N(C)C)nc1-c1ccc(CNC(=O)CN2CCCC2=O)cc1. The van der Waals surface area contributed by atoms with Crippen LogP contribution >= 0.6 is 0 Å². The van der Waals surface area contributed by atoms with E-state index >= 15 is 0 Å². The van der Waals surface area contributed by atoms with Gasteiger partial charge in [-0.2, -0.15) is 0 Å². The normalized spacial score (nSPS) is 13.3. The van der Waals surface area contributed by atoms with Gasteiger partial charge in [0.15, 0.2) is 0 Å². The third-order valence-electron chi connectivity index (χ3n) is 5.04. The number of benzene rings is 1. The molecule has 1 N–H and O–H groups in total. The molecule has 31 heavy (non-hydrogen) atoms. The van der Waals surface area contributed by atoms with Crippen LogP contribution in [0.25, 0.3) is 11.3 Å². The summed E-state index contributed by atoms with van der Waals surface area (Å²) in [6.45, 7) is 1.10. The smallest absolute Gasteiger partial charge is 0.257 e. The molecule has 1 saturated heterocycles. The van der Waals surface area contributed by atoms with Gasteiger partial charge < -0.3 is 20.0 Å². The summed E-state index contributed by atoms with van der Waals surface area (Å²) >= 11 is 0. The number of aromatic nitrogens is 2. The molecule has 0 spiro atoms. The van der Waals surface area contributed by atoms with Crippen LogP contribution in [-0.2, 0) is 16.1 Å². The topological polar surface area (TPSA) is 98.7 Å². The Balaban J connectivity index is 1.73. The molecular weight excluding hydrogens is 396 g/mol. The van der Waals surface area contributed by atoms with Crippen molar-refractivity contribution in [2.45, 2.75) is 19.4 Å². The van der Waals surface area contributed by atoms with Gasteiger partial charge in [-0.05, 0) is 12.0 Å². The average Bonchev–Trinajstić information content (AvgIpc) is 3.15. The molecule has 0 aliphatic carbocycles. The van der Waals surface area contributed by atoms with Gasteiger partial charge in [0.2, 0.25) is 17.8 Å². The molecule has 9 heteroatoms. The number of carbonyl (C=O) groups is 3. The Labute approximate surface area is 182 Å². The maximum atomic E-state index is 12.6. The van der Waals surface area contributed by atoms with Crippen molar-refractivity contribution in [3.05, 3.63) is 41.6 Å². The lowest BCUT2D eigenvalue weighted by Crippen LogP contribution is -2.37. The molecule has 3 rings (SSSR count). The summed E-state index contributed by atoms with van der Waals surface area (Å²) in [7, 11) is 7.06. The van der Waals surface area contributed by atoms with Gasteiger partial charge in [0, 0.05) is 59.5 Å². The van der Waals surface area contributed by atoms with Crippen LogP contribution in [0.1, 0.15) is 28.8 Å². The largest absolute Gasteiger partial charge is 0.350 e. The molecule has 1 aromatic carbocycles. The van der Waals surface area contributed by atoms with E-state index in [4.69, 9.17) is 0 Å². The van der Waals surface area contributed by atoms with Crippen molar-refractivity contribution in [2.24, 2.45) is 0 Å².